The van der Waals surface area contributed by atoms with Gasteiger partial charge in [0.2, 0.25) is 0 Å². The van der Waals surface area contributed by atoms with Crippen LogP contribution in [0.25, 0.3) is 6.08 Å². The molecule has 0 aliphatic heterocycles. The number of pyridine rings is 1. The van der Waals surface area contributed by atoms with Crippen LogP contribution in [0.5, 0.6) is 0 Å². The number of rotatable bonds is 5. The van der Waals surface area contributed by atoms with Gasteiger partial charge < -0.3 is 0 Å². The first kappa shape index (κ1) is 14.4. The average molecular weight is 305 g/mol. The SMILES string of the molecule is O=C(/C=C/c1ccccn1)c1ccc(Cc2ccccc2)s1. The van der Waals surface area contributed by atoms with Gasteiger partial charge in [0.1, 0.15) is 0 Å². The summed E-state index contributed by atoms with van der Waals surface area (Å²) in [5.41, 5.74) is 2.05. The minimum absolute atomic E-state index is 0.0231. The van der Waals surface area contributed by atoms with Gasteiger partial charge in [-0.15, -0.1) is 11.3 Å². The summed E-state index contributed by atoms with van der Waals surface area (Å²) in [5.74, 6) is 0.0231. The highest BCUT2D eigenvalue weighted by atomic mass is 32.1. The summed E-state index contributed by atoms with van der Waals surface area (Å²) < 4.78 is 0. The van der Waals surface area contributed by atoms with E-state index < -0.39 is 0 Å². The molecule has 0 atom stereocenters. The molecule has 0 aliphatic carbocycles. The topological polar surface area (TPSA) is 30.0 Å². The molecule has 22 heavy (non-hydrogen) atoms. The molecule has 2 nitrogen and oxygen atoms in total. The zero-order valence-electron chi connectivity index (χ0n) is 12.0. The Balaban J connectivity index is 1.68. The lowest BCUT2D eigenvalue weighted by atomic mass is 10.1. The second-order valence-electron chi connectivity index (χ2n) is 4.88. The molecule has 0 radical (unpaired) electrons. The summed E-state index contributed by atoms with van der Waals surface area (Å²) in [7, 11) is 0. The highest BCUT2D eigenvalue weighted by molar-refractivity contribution is 7.14. The zero-order chi connectivity index (χ0) is 15.2. The first-order valence-corrected chi connectivity index (χ1v) is 7.89. The summed E-state index contributed by atoms with van der Waals surface area (Å²) in [6.45, 7) is 0. The van der Waals surface area contributed by atoms with Gasteiger partial charge in [0, 0.05) is 17.5 Å². The van der Waals surface area contributed by atoms with Crippen molar-refractivity contribution >= 4 is 23.2 Å². The minimum atomic E-state index is 0.0231. The summed E-state index contributed by atoms with van der Waals surface area (Å²) in [6, 6.07) is 19.8. The van der Waals surface area contributed by atoms with E-state index in [1.165, 1.54) is 10.4 Å². The van der Waals surface area contributed by atoms with E-state index in [1.807, 2.05) is 48.5 Å². The fraction of sp³-hybridized carbons (Fsp3) is 0.0526. The van der Waals surface area contributed by atoms with Crippen LogP contribution in [0.1, 0.15) is 25.8 Å². The van der Waals surface area contributed by atoms with Crippen LogP contribution in [-0.2, 0) is 6.42 Å². The van der Waals surface area contributed by atoms with E-state index in [2.05, 4.69) is 17.1 Å². The van der Waals surface area contributed by atoms with Gasteiger partial charge in [-0.3, -0.25) is 9.78 Å². The zero-order valence-corrected chi connectivity index (χ0v) is 12.8. The number of ketones is 1. The van der Waals surface area contributed by atoms with Gasteiger partial charge >= 0.3 is 0 Å². The van der Waals surface area contributed by atoms with Crippen LogP contribution in [-0.4, -0.2) is 10.8 Å². The Morgan fingerprint density at radius 3 is 2.59 bits per heavy atom. The summed E-state index contributed by atoms with van der Waals surface area (Å²) in [5, 5.41) is 0. The predicted molar refractivity (Wildman–Crippen MR) is 91.2 cm³/mol. The summed E-state index contributed by atoms with van der Waals surface area (Å²) in [6.07, 6.45) is 5.91. The van der Waals surface area contributed by atoms with Gasteiger partial charge in [0.25, 0.3) is 0 Å². The van der Waals surface area contributed by atoms with E-state index in [0.717, 1.165) is 17.0 Å². The highest BCUT2D eigenvalue weighted by Gasteiger charge is 2.07. The molecule has 3 rings (SSSR count). The molecule has 1 aromatic carbocycles. The van der Waals surface area contributed by atoms with Gasteiger partial charge in [-0.2, -0.15) is 0 Å². The van der Waals surface area contributed by atoms with Crippen molar-refractivity contribution in [3.8, 4) is 0 Å². The van der Waals surface area contributed by atoms with Crippen molar-refractivity contribution in [2.24, 2.45) is 0 Å². The molecule has 2 aromatic heterocycles. The fourth-order valence-corrected chi connectivity index (χ4v) is 3.08. The van der Waals surface area contributed by atoms with E-state index in [9.17, 15) is 4.79 Å². The number of carbonyl (C=O) groups excluding carboxylic acids is 1. The maximum atomic E-state index is 12.2. The molecule has 0 saturated carbocycles. The molecular formula is C19H15NOS. The maximum Gasteiger partial charge on any atom is 0.195 e. The van der Waals surface area contributed by atoms with Crippen LogP contribution in [0, 0.1) is 0 Å². The van der Waals surface area contributed by atoms with Crippen LogP contribution >= 0.6 is 11.3 Å². The van der Waals surface area contributed by atoms with E-state index in [-0.39, 0.29) is 5.78 Å². The number of hydrogen-bond acceptors (Lipinski definition) is 3. The predicted octanol–water partition coefficient (Wildman–Crippen LogP) is 4.63. The number of benzene rings is 1. The van der Waals surface area contributed by atoms with Crippen LogP contribution in [0.2, 0.25) is 0 Å². The van der Waals surface area contributed by atoms with Crippen molar-refractivity contribution in [1.82, 2.24) is 4.98 Å². The lowest BCUT2D eigenvalue weighted by molar-refractivity contribution is 0.105. The molecule has 0 aliphatic rings. The normalized spacial score (nSPS) is 10.9. The number of nitrogens with zero attached hydrogens (tertiary/aromatic N) is 1. The molecule has 108 valence electrons. The number of hydrogen-bond donors (Lipinski definition) is 0. The fourth-order valence-electron chi connectivity index (χ4n) is 2.12. The van der Waals surface area contributed by atoms with E-state index in [1.54, 1.807) is 29.7 Å². The molecule has 0 saturated heterocycles. The van der Waals surface area contributed by atoms with Crippen LogP contribution in [0.15, 0.2) is 72.9 Å². The third kappa shape index (κ3) is 3.77. The Kier molecular flexibility index (Phi) is 4.56. The molecule has 0 fully saturated rings. The van der Waals surface area contributed by atoms with Crippen molar-refractivity contribution in [2.75, 3.05) is 0 Å². The number of allylic oxidation sites excluding steroid dienone is 1. The third-order valence-corrected chi connectivity index (χ3v) is 4.32. The molecular weight excluding hydrogens is 290 g/mol. The smallest absolute Gasteiger partial charge is 0.195 e. The first-order valence-electron chi connectivity index (χ1n) is 7.07. The Hall–Kier alpha value is -2.52. The highest BCUT2D eigenvalue weighted by Crippen LogP contribution is 2.21. The monoisotopic (exact) mass is 305 g/mol. The van der Waals surface area contributed by atoms with Crippen molar-refractivity contribution in [3.05, 3.63) is 93.9 Å². The molecule has 0 spiro atoms. The Labute approximate surface area is 133 Å². The van der Waals surface area contributed by atoms with E-state index in [0.29, 0.717) is 0 Å². The average Bonchev–Trinajstić information content (AvgIpc) is 3.03. The maximum absolute atomic E-state index is 12.2. The molecule has 0 amide bonds. The Bertz CT molecular complexity index is 775. The number of thiophene rings is 1. The van der Waals surface area contributed by atoms with Crippen molar-refractivity contribution in [1.29, 1.82) is 0 Å². The largest absolute Gasteiger partial charge is 0.288 e. The molecule has 2 heterocycles. The molecule has 0 N–H and O–H groups in total. The van der Waals surface area contributed by atoms with Crippen molar-refractivity contribution in [2.45, 2.75) is 6.42 Å². The van der Waals surface area contributed by atoms with Gasteiger partial charge in [-0.05, 0) is 42.0 Å². The van der Waals surface area contributed by atoms with E-state index >= 15 is 0 Å². The van der Waals surface area contributed by atoms with Gasteiger partial charge in [0.15, 0.2) is 5.78 Å². The van der Waals surface area contributed by atoms with Crippen LogP contribution in [0.3, 0.4) is 0 Å². The Morgan fingerprint density at radius 1 is 1.00 bits per heavy atom. The Morgan fingerprint density at radius 2 is 1.82 bits per heavy atom. The molecule has 3 aromatic rings. The van der Waals surface area contributed by atoms with Gasteiger partial charge in [-0.25, -0.2) is 0 Å². The number of aromatic nitrogens is 1. The third-order valence-electron chi connectivity index (χ3n) is 3.22. The summed E-state index contributed by atoms with van der Waals surface area (Å²) in [4.78, 5) is 18.3. The van der Waals surface area contributed by atoms with Crippen molar-refractivity contribution < 1.29 is 4.79 Å². The quantitative estimate of drug-likeness (QED) is 0.508. The second-order valence-corrected chi connectivity index (χ2v) is 6.05. The molecule has 0 bridgehead atoms. The van der Waals surface area contributed by atoms with Gasteiger partial charge in [-0.1, -0.05) is 36.4 Å². The van der Waals surface area contributed by atoms with Crippen LogP contribution < -0.4 is 0 Å². The first-order chi connectivity index (χ1) is 10.8. The lowest BCUT2D eigenvalue weighted by Gasteiger charge is -1.97. The standard InChI is InChI=1S/C19H15NOS/c21-18(11-9-16-8-4-5-13-20-16)19-12-10-17(22-19)14-15-6-2-1-3-7-15/h1-13H,14H2/b11-9+. The van der Waals surface area contributed by atoms with Crippen LogP contribution in [0.4, 0.5) is 0 Å². The minimum Gasteiger partial charge on any atom is -0.288 e. The van der Waals surface area contributed by atoms with Gasteiger partial charge in [0.05, 0.1) is 10.6 Å². The molecule has 0 unspecified atom stereocenters. The lowest BCUT2D eigenvalue weighted by Crippen LogP contribution is -1.89. The number of carbonyl (C=O) groups is 1. The molecule has 3 heteroatoms. The second kappa shape index (κ2) is 6.96. The van der Waals surface area contributed by atoms with Crippen molar-refractivity contribution in [3.63, 3.8) is 0 Å². The summed E-state index contributed by atoms with van der Waals surface area (Å²) >= 11 is 1.55. The van der Waals surface area contributed by atoms with E-state index in [4.69, 9.17) is 0 Å².